The monoisotopic (exact) mass is 387 g/mol. The summed E-state index contributed by atoms with van der Waals surface area (Å²) < 4.78 is 1.72. The van der Waals surface area contributed by atoms with E-state index < -0.39 is 0 Å². The zero-order valence-electron chi connectivity index (χ0n) is 12.4. The van der Waals surface area contributed by atoms with Gasteiger partial charge in [0.05, 0.1) is 19.4 Å². The zero-order valence-corrected chi connectivity index (χ0v) is 15.6. The van der Waals surface area contributed by atoms with Crippen LogP contribution in [0.5, 0.6) is 0 Å². The van der Waals surface area contributed by atoms with Gasteiger partial charge in [-0.3, -0.25) is 0 Å². The van der Waals surface area contributed by atoms with Gasteiger partial charge in [-0.25, -0.2) is 9.97 Å². The molecule has 0 bridgehead atoms. The molecule has 0 aliphatic rings. The molecule has 3 nitrogen and oxygen atoms in total. The van der Waals surface area contributed by atoms with E-state index in [1.54, 1.807) is 0 Å². The Labute approximate surface area is 143 Å². The molecule has 21 heavy (non-hydrogen) atoms. The summed E-state index contributed by atoms with van der Waals surface area (Å²) in [5, 5.41) is 3.37. The SMILES string of the molecule is CCCNc1nc(-c2ccc(Cl)s2)nc(CC(C)C)c1Br. The van der Waals surface area contributed by atoms with E-state index in [1.165, 1.54) is 11.3 Å². The first-order chi connectivity index (χ1) is 10.0. The van der Waals surface area contributed by atoms with Crippen LogP contribution in [0.1, 0.15) is 32.9 Å². The molecule has 0 unspecified atom stereocenters. The Morgan fingerprint density at radius 2 is 2.10 bits per heavy atom. The number of halogens is 2. The average Bonchev–Trinajstić information content (AvgIpc) is 2.86. The maximum atomic E-state index is 6.03. The minimum atomic E-state index is 0.537. The molecule has 0 saturated heterocycles. The molecule has 0 aliphatic heterocycles. The predicted molar refractivity (Wildman–Crippen MR) is 95.4 cm³/mol. The number of nitrogens with one attached hydrogen (secondary N) is 1. The third-order valence-electron chi connectivity index (χ3n) is 2.86. The maximum Gasteiger partial charge on any atom is 0.171 e. The quantitative estimate of drug-likeness (QED) is 0.695. The van der Waals surface area contributed by atoms with Gasteiger partial charge in [0.25, 0.3) is 0 Å². The first-order valence-electron chi connectivity index (χ1n) is 7.07. The fourth-order valence-electron chi connectivity index (χ4n) is 1.92. The van der Waals surface area contributed by atoms with E-state index >= 15 is 0 Å². The molecule has 1 N–H and O–H groups in total. The molecule has 2 heterocycles. The van der Waals surface area contributed by atoms with Crippen molar-refractivity contribution in [1.82, 2.24) is 9.97 Å². The van der Waals surface area contributed by atoms with Gasteiger partial charge in [0.2, 0.25) is 0 Å². The topological polar surface area (TPSA) is 37.8 Å². The number of aromatic nitrogens is 2. The standard InChI is InChI=1S/C15H19BrClN3S/c1-4-7-18-15-13(16)10(8-9(2)3)19-14(20-15)11-5-6-12(17)21-11/h5-6,9H,4,7-8H2,1-3H3,(H,18,19,20). The minimum Gasteiger partial charge on any atom is -0.369 e. The molecule has 2 aromatic heterocycles. The number of anilines is 1. The molecular weight excluding hydrogens is 370 g/mol. The van der Waals surface area contributed by atoms with Gasteiger partial charge in [-0.05, 0) is 46.8 Å². The van der Waals surface area contributed by atoms with Crippen LogP contribution < -0.4 is 5.32 Å². The number of thiophene rings is 1. The van der Waals surface area contributed by atoms with Gasteiger partial charge in [0, 0.05) is 6.54 Å². The first kappa shape index (κ1) is 16.7. The lowest BCUT2D eigenvalue weighted by Crippen LogP contribution is -2.08. The normalized spacial score (nSPS) is 11.1. The van der Waals surface area contributed by atoms with Gasteiger partial charge >= 0.3 is 0 Å². The molecule has 0 spiro atoms. The first-order valence-corrected chi connectivity index (χ1v) is 9.06. The van der Waals surface area contributed by atoms with Crippen molar-refractivity contribution in [2.75, 3.05) is 11.9 Å². The summed E-state index contributed by atoms with van der Waals surface area (Å²) in [6, 6.07) is 3.85. The maximum absolute atomic E-state index is 6.03. The molecule has 0 atom stereocenters. The van der Waals surface area contributed by atoms with Crippen LogP contribution in [-0.2, 0) is 6.42 Å². The second kappa shape index (κ2) is 7.56. The van der Waals surface area contributed by atoms with Crippen LogP contribution in [0.2, 0.25) is 4.34 Å². The van der Waals surface area contributed by atoms with E-state index in [4.69, 9.17) is 16.6 Å². The van der Waals surface area contributed by atoms with Crippen molar-refractivity contribution in [2.24, 2.45) is 5.92 Å². The van der Waals surface area contributed by atoms with Gasteiger partial charge in [-0.15, -0.1) is 11.3 Å². The second-order valence-electron chi connectivity index (χ2n) is 5.29. The molecule has 2 rings (SSSR count). The lowest BCUT2D eigenvalue weighted by Gasteiger charge is -2.13. The largest absolute Gasteiger partial charge is 0.369 e. The van der Waals surface area contributed by atoms with Crippen LogP contribution in [0.25, 0.3) is 10.7 Å². The lowest BCUT2D eigenvalue weighted by atomic mass is 10.1. The van der Waals surface area contributed by atoms with Crippen LogP contribution >= 0.6 is 38.9 Å². The highest BCUT2D eigenvalue weighted by molar-refractivity contribution is 9.10. The summed E-state index contributed by atoms with van der Waals surface area (Å²) in [7, 11) is 0. The average molecular weight is 389 g/mol. The molecule has 0 aromatic carbocycles. The highest BCUT2D eigenvalue weighted by Crippen LogP contribution is 2.33. The Hall–Kier alpha value is -0.650. The molecule has 0 fully saturated rings. The number of hydrogen-bond donors (Lipinski definition) is 1. The van der Waals surface area contributed by atoms with Gasteiger partial charge in [0.15, 0.2) is 5.82 Å². The second-order valence-corrected chi connectivity index (χ2v) is 7.79. The third kappa shape index (κ3) is 4.41. The molecular formula is C15H19BrClN3S. The van der Waals surface area contributed by atoms with Gasteiger partial charge < -0.3 is 5.32 Å². The molecule has 2 aromatic rings. The Morgan fingerprint density at radius 1 is 1.33 bits per heavy atom. The van der Waals surface area contributed by atoms with Crippen LogP contribution in [0.3, 0.4) is 0 Å². The summed E-state index contributed by atoms with van der Waals surface area (Å²) >= 11 is 11.2. The van der Waals surface area contributed by atoms with Crippen LogP contribution in [0, 0.1) is 5.92 Å². The van der Waals surface area contributed by atoms with Crippen molar-refractivity contribution >= 4 is 44.7 Å². The highest BCUT2D eigenvalue weighted by atomic mass is 79.9. The van der Waals surface area contributed by atoms with E-state index in [0.717, 1.165) is 50.4 Å². The van der Waals surface area contributed by atoms with Gasteiger partial charge in [0.1, 0.15) is 5.82 Å². The Bertz CT molecular complexity index is 613. The third-order valence-corrected chi connectivity index (χ3v) is 4.92. The van der Waals surface area contributed by atoms with E-state index in [1.807, 2.05) is 12.1 Å². The van der Waals surface area contributed by atoms with Crippen LogP contribution in [-0.4, -0.2) is 16.5 Å². The molecule has 114 valence electrons. The Kier molecular flexibility index (Phi) is 6.02. The van der Waals surface area contributed by atoms with Crippen molar-refractivity contribution in [3.63, 3.8) is 0 Å². The summed E-state index contributed by atoms with van der Waals surface area (Å²) in [4.78, 5) is 10.4. The van der Waals surface area contributed by atoms with Crippen molar-refractivity contribution in [2.45, 2.75) is 33.6 Å². The van der Waals surface area contributed by atoms with E-state index in [-0.39, 0.29) is 0 Å². The molecule has 0 saturated carbocycles. The van der Waals surface area contributed by atoms with E-state index in [0.29, 0.717) is 5.92 Å². The molecule has 0 aliphatic carbocycles. The van der Waals surface area contributed by atoms with E-state index in [9.17, 15) is 0 Å². The van der Waals surface area contributed by atoms with Crippen molar-refractivity contribution in [3.8, 4) is 10.7 Å². The summed E-state index contributed by atoms with van der Waals surface area (Å²) in [5.74, 6) is 2.14. The Balaban J connectivity index is 2.44. The van der Waals surface area contributed by atoms with E-state index in [2.05, 4.69) is 47.0 Å². The highest BCUT2D eigenvalue weighted by Gasteiger charge is 2.15. The number of rotatable bonds is 6. The lowest BCUT2D eigenvalue weighted by molar-refractivity contribution is 0.632. The number of nitrogens with zero attached hydrogens (tertiary/aromatic N) is 2. The minimum absolute atomic E-state index is 0.537. The van der Waals surface area contributed by atoms with Crippen molar-refractivity contribution in [3.05, 3.63) is 26.6 Å². The molecule has 6 heteroatoms. The molecule has 0 radical (unpaired) electrons. The smallest absolute Gasteiger partial charge is 0.171 e. The predicted octanol–water partition coefficient (Wildman–Crippen LogP) is 5.64. The van der Waals surface area contributed by atoms with Gasteiger partial charge in [-0.2, -0.15) is 0 Å². The van der Waals surface area contributed by atoms with Crippen molar-refractivity contribution in [1.29, 1.82) is 0 Å². The fraction of sp³-hybridized carbons (Fsp3) is 0.467. The summed E-state index contributed by atoms with van der Waals surface area (Å²) in [5.41, 5.74) is 1.04. The van der Waals surface area contributed by atoms with Crippen molar-refractivity contribution < 1.29 is 0 Å². The number of hydrogen-bond acceptors (Lipinski definition) is 4. The molecule has 0 amide bonds. The summed E-state index contributed by atoms with van der Waals surface area (Å²) in [6.45, 7) is 7.41. The van der Waals surface area contributed by atoms with Gasteiger partial charge in [-0.1, -0.05) is 32.4 Å². The summed E-state index contributed by atoms with van der Waals surface area (Å²) in [6.07, 6.45) is 1.96. The zero-order chi connectivity index (χ0) is 15.4. The fourth-order valence-corrected chi connectivity index (χ4v) is 3.38. The van der Waals surface area contributed by atoms with Crippen LogP contribution in [0.15, 0.2) is 16.6 Å². The van der Waals surface area contributed by atoms with Crippen LogP contribution in [0.4, 0.5) is 5.82 Å². The Morgan fingerprint density at radius 3 is 2.67 bits per heavy atom.